The third-order valence-electron chi connectivity index (χ3n) is 2.76. The maximum Gasteiger partial charge on any atom is 1.00 e. The minimum Gasteiger partial charge on any atom is -0.550 e. The molecule has 25 heavy (non-hydrogen) atoms. The normalized spacial score (nSPS) is 11.0. The van der Waals surface area contributed by atoms with Crippen molar-refractivity contribution in [3.63, 3.8) is 0 Å². The minimum absolute atomic E-state index is 0. The standard InChI is InChI=1S/C11H18O10S2.2Na/c12-10(13)7-9(11(14)15)8(3-1-5-22(16,17)18)4-2-6-23(19,20)21;;/h1-7H2,(H,12,13)(H,14,15)(H,16,17,18)(H,19,20,21);;/q;2*+1/p-2. The van der Waals surface area contributed by atoms with Crippen molar-refractivity contribution in [1.29, 1.82) is 0 Å². The Morgan fingerprint density at radius 2 is 1.16 bits per heavy atom. The Morgan fingerprint density at radius 3 is 1.40 bits per heavy atom. The molecule has 0 unspecified atom stereocenters. The van der Waals surface area contributed by atoms with Gasteiger partial charge in [0.25, 0.3) is 20.2 Å². The van der Waals surface area contributed by atoms with Crippen LogP contribution < -0.4 is 69.3 Å². The molecule has 0 aliphatic carbocycles. The van der Waals surface area contributed by atoms with Crippen LogP contribution in [-0.4, -0.2) is 49.4 Å². The van der Waals surface area contributed by atoms with E-state index in [1.54, 1.807) is 0 Å². The monoisotopic (exact) mass is 418 g/mol. The van der Waals surface area contributed by atoms with Gasteiger partial charge in [0, 0.05) is 12.4 Å². The first-order valence-corrected chi connectivity index (χ1v) is 9.56. The molecule has 0 aromatic carbocycles. The fourth-order valence-corrected chi connectivity index (χ4v) is 2.87. The minimum atomic E-state index is -4.28. The Hall–Kier alpha value is 0.500. The average molecular weight is 418 g/mol. The predicted molar refractivity (Wildman–Crippen MR) is 73.0 cm³/mol. The van der Waals surface area contributed by atoms with E-state index in [-0.39, 0.29) is 90.4 Å². The van der Waals surface area contributed by atoms with E-state index in [1.807, 2.05) is 0 Å². The topological polar surface area (TPSA) is 189 Å². The number of rotatable bonds is 11. The van der Waals surface area contributed by atoms with Crippen LogP contribution in [0.5, 0.6) is 0 Å². The van der Waals surface area contributed by atoms with Crippen molar-refractivity contribution in [2.24, 2.45) is 0 Å². The molecule has 0 saturated carbocycles. The molecule has 0 aromatic heterocycles. The number of aliphatic carboxylic acids is 2. The molecule has 0 rings (SSSR count). The molecule has 10 nitrogen and oxygen atoms in total. The van der Waals surface area contributed by atoms with Gasteiger partial charge in [-0.1, -0.05) is 5.57 Å². The summed E-state index contributed by atoms with van der Waals surface area (Å²) in [6.07, 6.45) is -1.81. The average Bonchev–Trinajstić information content (AvgIpc) is 2.30. The van der Waals surface area contributed by atoms with Crippen LogP contribution >= 0.6 is 0 Å². The van der Waals surface area contributed by atoms with Crippen molar-refractivity contribution in [1.82, 2.24) is 0 Å². The van der Waals surface area contributed by atoms with Gasteiger partial charge in [0.15, 0.2) is 0 Å². The summed E-state index contributed by atoms with van der Waals surface area (Å²) in [6, 6.07) is 0. The Balaban J connectivity index is -0.00000242. The summed E-state index contributed by atoms with van der Waals surface area (Å²) in [4.78, 5) is 21.6. The van der Waals surface area contributed by atoms with Crippen LogP contribution in [0.15, 0.2) is 11.1 Å². The van der Waals surface area contributed by atoms with Gasteiger partial charge < -0.3 is 19.8 Å². The van der Waals surface area contributed by atoms with Crippen molar-refractivity contribution in [3.8, 4) is 0 Å². The number of carboxylic acid groups (broad SMARTS) is 2. The van der Waals surface area contributed by atoms with Gasteiger partial charge in [0.05, 0.1) is 17.5 Å². The molecule has 2 N–H and O–H groups in total. The molecule has 0 bridgehead atoms. The number of carbonyl (C=O) groups is 2. The summed E-state index contributed by atoms with van der Waals surface area (Å²) in [6.45, 7) is 0. The van der Waals surface area contributed by atoms with Gasteiger partial charge in [-0.25, -0.2) is 0 Å². The van der Waals surface area contributed by atoms with Crippen LogP contribution in [0.4, 0.5) is 0 Å². The fraction of sp³-hybridized carbons (Fsp3) is 0.636. The number of carbonyl (C=O) groups excluding carboxylic acids is 2. The molecule has 0 aromatic rings. The van der Waals surface area contributed by atoms with Crippen molar-refractivity contribution in [2.45, 2.75) is 32.1 Å². The quantitative estimate of drug-likeness (QED) is 0.185. The van der Waals surface area contributed by atoms with Crippen LogP contribution in [-0.2, 0) is 29.8 Å². The van der Waals surface area contributed by atoms with E-state index in [9.17, 15) is 36.6 Å². The van der Waals surface area contributed by atoms with Crippen LogP contribution in [0.1, 0.15) is 32.1 Å². The summed E-state index contributed by atoms with van der Waals surface area (Å²) in [5, 5.41) is 21.6. The van der Waals surface area contributed by atoms with Gasteiger partial charge in [0.2, 0.25) is 0 Å². The molecule has 0 amide bonds. The zero-order valence-electron chi connectivity index (χ0n) is 13.9. The maximum absolute atomic E-state index is 11.0. The van der Waals surface area contributed by atoms with E-state index in [0.717, 1.165) is 0 Å². The van der Waals surface area contributed by atoms with Crippen LogP contribution in [0.3, 0.4) is 0 Å². The molecule has 0 spiro atoms. The molecule has 0 fully saturated rings. The molecule has 0 atom stereocenters. The molecule has 0 aliphatic rings. The van der Waals surface area contributed by atoms with Crippen LogP contribution in [0.2, 0.25) is 0 Å². The zero-order valence-corrected chi connectivity index (χ0v) is 19.6. The number of carboxylic acids is 2. The van der Waals surface area contributed by atoms with E-state index in [1.165, 1.54) is 0 Å². The van der Waals surface area contributed by atoms with Crippen molar-refractivity contribution in [2.75, 3.05) is 11.5 Å². The summed E-state index contributed by atoms with van der Waals surface area (Å²) in [5.74, 6) is -4.87. The summed E-state index contributed by atoms with van der Waals surface area (Å²) < 4.78 is 59.8. The smallest absolute Gasteiger partial charge is 0.550 e. The Labute approximate surface area is 190 Å². The second-order valence-corrected chi connectivity index (χ2v) is 7.84. The number of hydrogen-bond acceptors (Lipinski definition) is 8. The third-order valence-corrected chi connectivity index (χ3v) is 4.37. The van der Waals surface area contributed by atoms with Crippen molar-refractivity contribution in [3.05, 3.63) is 11.1 Å². The molecule has 134 valence electrons. The third kappa shape index (κ3) is 17.7. The zero-order chi connectivity index (χ0) is 18.3. The Morgan fingerprint density at radius 1 is 0.800 bits per heavy atom. The second-order valence-electron chi connectivity index (χ2n) is 4.70. The van der Waals surface area contributed by atoms with Gasteiger partial charge in [-0.05, 0) is 31.3 Å². The van der Waals surface area contributed by atoms with Gasteiger partial charge in [-0.2, -0.15) is 16.8 Å². The maximum atomic E-state index is 11.0. The SMILES string of the molecule is O=C([O-])CC(C(=O)[O-])=C(CCCS(=O)(=O)O)CCCS(=O)(=O)O.[Na+].[Na+]. The van der Waals surface area contributed by atoms with Crippen molar-refractivity contribution >= 4 is 32.2 Å². The largest absolute Gasteiger partial charge is 1.00 e. The fourth-order valence-electron chi connectivity index (χ4n) is 1.85. The van der Waals surface area contributed by atoms with E-state index in [0.29, 0.717) is 0 Å². The Kier molecular flexibility index (Phi) is 16.5. The first-order valence-electron chi connectivity index (χ1n) is 6.34. The predicted octanol–water partition coefficient (Wildman–Crippen LogP) is -8.48. The van der Waals surface area contributed by atoms with E-state index >= 15 is 0 Å². The second kappa shape index (κ2) is 13.6. The first-order chi connectivity index (χ1) is 10.3. The molecule has 0 saturated heterocycles. The van der Waals surface area contributed by atoms with Crippen LogP contribution in [0, 0.1) is 0 Å². The van der Waals surface area contributed by atoms with E-state index in [2.05, 4.69) is 0 Å². The number of hydrogen-bond donors (Lipinski definition) is 2. The van der Waals surface area contributed by atoms with Crippen molar-refractivity contribution < 1.29 is 105 Å². The Bertz CT molecular complexity index is 642. The first kappa shape index (κ1) is 30.2. The van der Waals surface area contributed by atoms with Gasteiger partial charge in [-0.3, -0.25) is 9.11 Å². The van der Waals surface area contributed by atoms with Gasteiger partial charge >= 0.3 is 59.1 Å². The van der Waals surface area contributed by atoms with Gasteiger partial charge in [0.1, 0.15) is 0 Å². The van der Waals surface area contributed by atoms with Crippen LogP contribution in [0.25, 0.3) is 0 Å². The molecular formula is C11H16Na2O10S2. The molecule has 0 radical (unpaired) electrons. The number of allylic oxidation sites excluding steroid dienone is 1. The molecule has 0 aliphatic heterocycles. The van der Waals surface area contributed by atoms with E-state index < -0.39 is 55.7 Å². The molecular weight excluding hydrogens is 402 g/mol. The molecule has 14 heteroatoms. The summed E-state index contributed by atoms with van der Waals surface area (Å²) in [7, 11) is -8.57. The summed E-state index contributed by atoms with van der Waals surface area (Å²) >= 11 is 0. The van der Waals surface area contributed by atoms with E-state index in [4.69, 9.17) is 9.11 Å². The van der Waals surface area contributed by atoms with Gasteiger partial charge in [-0.15, -0.1) is 0 Å². The molecule has 0 heterocycles. The summed E-state index contributed by atoms with van der Waals surface area (Å²) in [5.41, 5.74) is -0.683.